The monoisotopic (exact) mass is 447 g/mol. The van der Waals surface area contributed by atoms with Crippen LogP contribution in [0.5, 0.6) is 0 Å². The zero-order chi connectivity index (χ0) is 22.4. The average Bonchev–Trinajstić information content (AvgIpc) is 3.45. The molecule has 0 aliphatic carbocycles. The molecule has 0 saturated carbocycles. The third kappa shape index (κ3) is 3.51. The lowest BCUT2D eigenvalue weighted by atomic mass is 9.94. The lowest BCUT2D eigenvalue weighted by Gasteiger charge is -2.15. The minimum absolute atomic E-state index is 0.115. The Morgan fingerprint density at radius 3 is 2.81 bits per heavy atom. The van der Waals surface area contributed by atoms with Crippen molar-refractivity contribution in [1.82, 2.24) is 9.88 Å². The van der Waals surface area contributed by atoms with Gasteiger partial charge in [0.15, 0.2) is 0 Å². The van der Waals surface area contributed by atoms with E-state index in [9.17, 15) is 14.7 Å². The molecule has 0 bridgehead atoms. The molecule has 32 heavy (non-hydrogen) atoms. The van der Waals surface area contributed by atoms with Crippen LogP contribution in [0.15, 0.2) is 48.7 Å². The van der Waals surface area contributed by atoms with Crippen LogP contribution in [0.4, 0.5) is 5.69 Å². The number of nitrogens with zero attached hydrogens (tertiary/aromatic N) is 1. The number of β-amino-alcohol motifs (C(OH)–C–C–N with tert-alkyl or cyclic N) is 1. The van der Waals surface area contributed by atoms with Crippen LogP contribution < -0.4 is 5.32 Å². The lowest BCUT2D eigenvalue weighted by molar-refractivity contribution is -0.110. The highest BCUT2D eigenvalue weighted by Crippen LogP contribution is 2.41. The Hall–Kier alpha value is -3.35. The first-order valence-corrected chi connectivity index (χ1v) is 10.9. The molecule has 7 heteroatoms. The number of anilines is 1. The van der Waals surface area contributed by atoms with Crippen LogP contribution in [0.2, 0.25) is 5.02 Å². The molecule has 2 aliphatic heterocycles. The molecule has 3 N–H and O–H groups in total. The summed E-state index contributed by atoms with van der Waals surface area (Å²) in [6, 6.07) is 13.3. The summed E-state index contributed by atoms with van der Waals surface area (Å²) >= 11 is 6.20. The number of aliphatic hydroxyl groups is 1. The van der Waals surface area contributed by atoms with Gasteiger partial charge < -0.3 is 20.3 Å². The van der Waals surface area contributed by atoms with Crippen molar-refractivity contribution in [2.24, 2.45) is 0 Å². The van der Waals surface area contributed by atoms with E-state index in [0.717, 1.165) is 27.9 Å². The number of likely N-dealkylation sites (tertiary alicyclic amines) is 1. The van der Waals surface area contributed by atoms with E-state index in [2.05, 4.69) is 10.3 Å². The van der Waals surface area contributed by atoms with Crippen molar-refractivity contribution in [2.75, 3.05) is 18.4 Å². The Morgan fingerprint density at radius 2 is 2.06 bits per heavy atom. The Labute approximate surface area is 190 Å². The second-order valence-electron chi connectivity index (χ2n) is 8.19. The van der Waals surface area contributed by atoms with Gasteiger partial charge in [0.05, 0.1) is 17.2 Å². The van der Waals surface area contributed by atoms with Crippen molar-refractivity contribution in [3.05, 3.63) is 76.1 Å². The van der Waals surface area contributed by atoms with Crippen LogP contribution in [0.1, 0.15) is 33.6 Å². The van der Waals surface area contributed by atoms with Gasteiger partial charge in [-0.25, -0.2) is 0 Å². The third-order valence-electron chi connectivity index (χ3n) is 6.11. The van der Waals surface area contributed by atoms with Crippen LogP contribution in [0.3, 0.4) is 0 Å². The second kappa shape index (κ2) is 7.97. The van der Waals surface area contributed by atoms with Crippen molar-refractivity contribution < 1.29 is 14.7 Å². The topological polar surface area (TPSA) is 85.4 Å². The number of amides is 2. The second-order valence-corrected chi connectivity index (χ2v) is 8.62. The van der Waals surface area contributed by atoms with Gasteiger partial charge in [-0.2, -0.15) is 0 Å². The first kappa shape index (κ1) is 20.5. The highest BCUT2D eigenvalue weighted by Gasteiger charge is 2.30. The van der Waals surface area contributed by atoms with Crippen molar-refractivity contribution >= 4 is 40.8 Å². The summed E-state index contributed by atoms with van der Waals surface area (Å²) in [5.74, 6) is -0.310. The van der Waals surface area contributed by atoms with E-state index < -0.39 is 6.10 Å². The molecule has 0 unspecified atom stereocenters. The molecule has 162 valence electrons. The van der Waals surface area contributed by atoms with Gasteiger partial charge in [-0.1, -0.05) is 35.9 Å². The Balaban J connectivity index is 1.55. The molecule has 1 atom stereocenters. The molecule has 2 amide bonds. The SMILES string of the molecule is Cc1c(C(=O)N2CC[C@@H](O)C2)c[nH]c1/C=C1\C(=O)Nc2cccc(-c3cccc(Cl)c3)c21. The summed E-state index contributed by atoms with van der Waals surface area (Å²) in [6.45, 7) is 2.75. The minimum Gasteiger partial charge on any atom is -0.391 e. The molecule has 2 aliphatic rings. The number of hydrogen-bond acceptors (Lipinski definition) is 3. The van der Waals surface area contributed by atoms with Crippen LogP contribution in [0, 0.1) is 6.92 Å². The molecular weight excluding hydrogens is 426 g/mol. The van der Waals surface area contributed by atoms with Gasteiger partial charge in [0.25, 0.3) is 11.8 Å². The summed E-state index contributed by atoms with van der Waals surface area (Å²) in [6.07, 6.45) is 3.59. The van der Waals surface area contributed by atoms with Crippen LogP contribution in [-0.4, -0.2) is 46.0 Å². The van der Waals surface area contributed by atoms with E-state index in [4.69, 9.17) is 11.6 Å². The fraction of sp³-hybridized carbons (Fsp3) is 0.200. The number of nitrogens with one attached hydrogen (secondary N) is 2. The van der Waals surface area contributed by atoms with Crippen molar-refractivity contribution in [3.8, 4) is 11.1 Å². The number of carbonyl (C=O) groups is 2. The van der Waals surface area contributed by atoms with Crippen molar-refractivity contribution in [2.45, 2.75) is 19.4 Å². The largest absolute Gasteiger partial charge is 0.391 e. The van der Waals surface area contributed by atoms with Crippen molar-refractivity contribution in [3.63, 3.8) is 0 Å². The van der Waals surface area contributed by atoms with Gasteiger partial charge in [-0.3, -0.25) is 9.59 Å². The van der Waals surface area contributed by atoms with Crippen LogP contribution in [0.25, 0.3) is 22.8 Å². The molecule has 6 nitrogen and oxygen atoms in total. The van der Waals surface area contributed by atoms with Crippen molar-refractivity contribution in [1.29, 1.82) is 0 Å². The van der Waals surface area contributed by atoms with Gasteiger partial charge in [0.1, 0.15) is 0 Å². The number of rotatable bonds is 3. The summed E-state index contributed by atoms with van der Waals surface area (Å²) in [5.41, 5.74) is 5.92. The number of halogens is 1. The van der Waals surface area contributed by atoms with Gasteiger partial charge in [-0.05, 0) is 54.3 Å². The average molecular weight is 448 g/mol. The number of benzene rings is 2. The summed E-state index contributed by atoms with van der Waals surface area (Å²) < 4.78 is 0. The fourth-order valence-electron chi connectivity index (χ4n) is 4.41. The predicted molar refractivity (Wildman–Crippen MR) is 125 cm³/mol. The first-order valence-electron chi connectivity index (χ1n) is 10.5. The number of aromatic amines is 1. The molecular formula is C25H22ClN3O3. The lowest BCUT2D eigenvalue weighted by Crippen LogP contribution is -2.29. The standard InChI is InChI=1S/C25H22ClN3O3/c1-14-20(25(32)29-9-8-17(30)13-29)12-27-22(14)11-19-23-18(15-4-2-5-16(26)10-15)6-3-7-21(23)28-24(19)31/h2-7,10-12,17,27,30H,8-9,13H2,1H3,(H,28,31)/b19-11-/t17-/m1/s1. The fourth-order valence-corrected chi connectivity index (χ4v) is 4.60. The van der Waals surface area contributed by atoms with Gasteiger partial charge >= 0.3 is 0 Å². The van der Waals surface area contributed by atoms with Gasteiger partial charge in [0.2, 0.25) is 0 Å². The molecule has 5 rings (SSSR count). The number of carbonyl (C=O) groups excluding carboxylic acids is 2. The van der Waals surface area contributed by atoms with E-state index in [1.165, 1.54) is 0 Å². The molecule has 0 radical (unpaired) electrons. The smallest absolute Gasteiger partial charge is 0.256 e. The number of hydrogen-bond donors (Lipinski definition) is 3. The highest BCUT2D eigenvalue weighted by molar-refractivity contribution is 6.36. The van der Waals surface area contributed by atoms with Crippen LogP contribution >= 0.6 is 11.6 Å². The number of aliphatic hydroxyl groups excluding tert-OH is 1. The molecule has 3 heterocycles. The summed E-state index contributed by atoms with van der Waals surface area (Å²) in [7, 11) is 0. The zero-order valence-electron chi connectivity index (χ0n) is 17.5. The molecule has 1 fully saturated rings. The first-order chi connectivity index (χ1) is 15.4. The normalized spacial score (nSPS) is 18.8. The van der Waals surface area contributed by atoms with Crippen LogP contribution in [-0.2, 0) is 4.79 Å². The van der Waals surface area contributed by atoms with E-state index in [1.807, 2.05) is 49.4 Å². The number of H-pyrrole nitrogens is 1. The predicted octanol–water partition coefficient (Wildman–Crippen LogP) is 4.34. The molecule has 0 spiro atoms. The maximum Gasteiger partial charge on any atom is 0.256 e. The van der Waals surface area contributed by atoms with E-state index >= 15 is 0 Å². The maximum absolute atomic E-state index is 12.9. The Bertz CT molecular complexity index is 1280. The summed E-state index contributed by atoms with van der Waals surface area (Å²) in [4.78, 5) is 30.5. The number of aromatic nitrogens is 1. The highest BCUT2D eigenvalue weighted by atomic mass is 35.5. The molecule has 2 aromatic carbocycles. The molecule has 1 saturated heterocycles. The van der Waals surface area contributed by atoms with E-state index in [-0.39, 0.29) is 11.8 Å². The van der Waals surface area contributed by atoms with E-state index in [0.29, 0.717) is 41.4 Å². The quantitative estimate of drug-likeness (QED) is 0.522. The van der Waals surface area contributed by atoms with Gasteiger partial charge in [0, 0.05) is 41.3 Å². The summed E-state index contributed by atoms with van der Waals surface area (Å²) in [5, 5.41) is 13.3. The zero-order valence-corrected chi connectivity index (χ0v) is 18.2. The Kier molecular flexibility index (Phi) is 5.12. The minimum atomic E-state index is -0.469. The Morgan fingerprint density at radius 1 is 1.25 bits per heavy atom. The van der Waals surface area contributed by atoms with E-state index in [1.54, 1.807) is 17.2 Å². The third-order valence-corrected chi connectivity index (χ3v) is 6.35. The van der Waals surface area contributed by atoms with Gasteiger partial charge in [-0.15, -0.1) is 0 Å². The number of fused-ring (bicyclic) bond motifs is 1. The molecule has 1 aromatic heterocycles. The molecule has 3 aromatic rings. The maximum atomic E-state index is 12.9.